The van der Waals surface area contributed by atoms with Crippen molar-refractivity contribution >= 4 is 29.3 Å². The smallest absolute Gasteiger partial charge is 0.328 e. The second-order valence-electron chi connectivity index (χ2n) is 5.85. The van der Waals surface area contributed by atoms with Crippen LogP contribution in [0.4, 0.5) is 0 Å². The predicted molar refractivity (Wildman–Crippen MR) is 84.4 cm³/mol. The minimum atomic E-state index is -0.987. The van der Waals surface area contributed by atoms with Crippen molar-refractivity contribution in [1.82, 2.24) is 5.32 Å². The Balaban J connectivity index is 1.96. The van der Waals surface area contributed by atoms with Crippen molar-refractivity contribution in [3.8, 4) is 0 Å². The normalized spacial score (nSPS) is 25.9. The molecule has 1 heterocycles. The third-order valence-electron chi connectivity index (χ3n) is 3.99. The van der Waals surface area contributed by atoms with Crippen LogP contribution in [0.25, 0.3) is 6.08 Å². The van der Waals surface area contributed by atoms with E-state index < -0.39 is 5.97 Å². The van der Waals surface area contributed by atoms with Crippen molar-refractivity contribution in [2.24, 2.45) is 11.8 Å². The van der Waals surface area contributed by atoms with Crippen molar-refractivity contribution in [2.75, 3.05) is 0 Å². The Morgan fingerprint density at radius 3 is 2.76 bits per heavy atom. The second-order valence-corrected chi connectivity index (χ2v) is 6.96. The van der Waals surface area contributed by atoms with Gasteiger partial charge in [0.15, 0.2) is 0 Å². The molecule has 114 valence electrons. The van der Waals surface area contributed by atoms with Crippen LogP contribution in [0, 0.1) is 11.8 Å². The first-order valence-electron chi connectivity index (χ1n) is 7.27. The summed E-state index contributed by atoms with van der Waals surface area (Å²) in [5.74, 6) is 0.201. The van der Waals surface area contributed by atoms with Crippen LogP contribution in [0.5, 0.6) is 0 Å². The molecule has 4 nitrogen and oxygen atoms in total. The molecule has 0 spiro atoms. The Labute approximate surface area is 128 Å². The lowest BCUT2D eigenvalue weighted by Gasteiger charge is -2.33. The van der Waals surface area contributed by atoms with Crippen LogP contribution in [-0.4, -0.2) is 23.0 Å². The maximum atomic E-state index is 12.3. The second kappa shape index (κ2) is 6.89. The van der Waals surface area contributed by atoms with Gasteiger partial charge in [0.25, 0.3) is 5.91 Å². The van der Waals surface area contributed by atoms with Crippen LogP contribution in [0.2, 0.25) is 0 Å². The van der Waals surface area contributed by atoms with Crippen molar-refractivity contribution in [2.45, 2.75) is 39.2 Å². The molecule has 0 aromatic carbocycles. The molecule has 1 amide bonds. The van der Waals surface area contributed by atoms with Gasteiger partial charge in [0.05, 0.1) is 4.88 Å². The molecule has 3 atom stereocenters. The summed E-state index contributed by atoms with van der Waals surface area (Å²) in [5, 5.41) is 11.7. The lowest BCUT2D eigenvalue weighted by molar-refractivity contribution is -0.131. The lowest BCUT2D eigenvalue weighted by atomic mass is 9.80. The minimum Gasteiger partial charge on any atom is -0.478 e. The van der Waals surface area contributed by atoms with E-state index in [0.717, 1.165) is 36.1 Å². The number of carbonyl (C=O) groups excluding carboxylic acids is 1. The molecule has 1 aromatic rings. The van der Waals surface area contributed by atoms with Crippen LogP contribution < -0.4 is 5.32 Å². The number of aliphatic carboxylic acids is 1. The maximum absolute atomic E-state index is 12.3. The van der Waals surface area contributed by atoms with Crippen LogP contribution in [-0.2, 0) is 4.79 Å². The summed E-state index contributed by atoms with van der Waals surface area (Å²) < 4.78 is 0. The zero-order chi connectivity index (χ0) is 15.4. The van der Waals surface area contributed by atoms with Gasteiger partial charge in [0.1, 0.15) is 0 Å². The molecule has 1 aliphatic carbocycles. The molecule has 2 N–H and O–H groups in total. The molecule has 21 heavy (non-hydrogen) atoms. The average Bonchev–Trinajstić information content (AvgIpc) is 2.88. The van der Waals surface area contributed by atoms with Gasteiger partial charge < -0.3 is 10.4 Å². The molecule has 1 fully saturated rings. The molecular weight excluding hydrogens is 286 g/mol. The minimum absolute atomic E-state index is 0.0543. The van der Waals surface area contributed by atoms with E-state index in [9.17, 15) is 9.59 Å². The highest BCUT2D eigenvalue weighted by molar-refractivity contribution is 7.14. The number of nitrogens with one attached hydrogen (secondary N) is 1. The van der Waals surface area contributed by atoms with Crippen molar-refractivity contribution in [3.63, 3.8) is 0 Å². The molecule has 1 aliphatic rings. The zero-order valence-electron chi connectivity index (χ0n) is 12.3. The van der Waals surface area contributed by atoms with Crippen molar-refractivity contribution < 1.29 is 14.7 Å². The molecule has 5 heteroatoms. The summed E-state index contributed by atoms with van der Waals surface area (Å²) in [4.78, 5) is 24.1. The van der Waals surface area contributed by atoms with Gasteiger partial charge in [-0.1, -0.05) is 13.8 Å². The van der Waals surface area contributed by atoms with E-state index in [1.54, 1.807) is 12.1 Å². The molecule has 0 saturated heterocycles. The Morgan fingerprint density at radius 2 is 2.10 bits per heavy atom. The number of rotatable bonds is 4. The first-order chi connectivity index (χ1) is 9.95. The summed E-state index contributed by atoms with van der Waals surface area (Å²) in [6.45, 7) is 4.45. The van der Waals surface area contributed by atoms with Crippen molar-refractivity contribution in [3.05, 3.63) is 28.0 Å². The highest BCUT2D eigenvalue weighted by atomic mass is 32.1. The van der Waals surface area contributed by atoms with E-state index in [2.05, 4.69) is 19.2 Å². The SMILES string of the molecule is CC1CCC(NC(=O)c2ccc(C=CC(=O)O)s2)C(C)C1. The molecular formula is C16H21NO3S. The number of amides is 1. The third-order valence-corrected chi connectivity index (χ3v) is 5.04. The highest BCUT2D eigenvalue weighted by Gasteiger charge is 2.27. The third kappa shape index (κ3) is 4.43. The molecule has 1 aromatic heterocycles. The summed E-state index contributed by atoms with van der Waals surface area (Å²) >= 11 is 1.31. The fourth-order valence-corrected chi connectivity index (χ4v) is 3.65. The van der Waals surface area contributed by atoms with Crippen LogP contribution in [0.15, 0.2) is 18.2 Å². The Kier molecular flexibility index (Phi) is 5.17. The van der Waals surface area contributed by atoms with E-state index >= 15 is 0 Å². The van der Waals surface area contributed by atoms with Gasteiger partial charge >= 0.3 is 5.97 Å². The number of hydrogen-bond acceptors (Lipinski definition) is 3. The molecule has 1 saturated carbocycles. The molecule has 0 aliphatic heterocycles. The van der Waals surface area contributed by atoms with Gasteiger partial charge in [0, 0.05) is 17.0 Å². The quantitative estimate of drug-likeness (QED) is 0.838. The van der Waals surface area contributed by atoms with Gasteiger partial charge in [0.2, 0.25) is 0 Å². The maximum Gasteiger partial charge on any atom is 0.328 e. The first kappa shape index (κ1) is 15.8. The van der Waals surface area contributed by atoms with Gasteiger partial charge in [-0.05, 0) is 49.3 Å². The van der Waals surface area contributed by atoms with E-state index in [-0.39, 0.29) is 11.9 Å². The average molecular weight is 307 g/mol. The molecule has 3 unspecified atom stereocenters. The van der Waals surface area contributed by atoms with E-state index in [0.29, 0.717) is 10.8 Å². The summed E-state index contributed by atoms with van der Waals surface area (Å²) in [6, 6.07) is 3.76. The summed E-state index contributed by atoms with van der Waals surface area (Å²) in [7, 11) is 0. The zero-order valence-corrected chi connectivity index (χ0v) is 13.2. The lowest BCUT2D eigenvalue weighted by Crippen LogP contribution is -2.42. The van der Waals surface area contributed by atoms with Crippen LogP contribution in [0.1, 0.15) is 47.7 Å². The van der Waals surface area contributed by atoms with Gasteiger partial charge in [-0.15, -0.1) is 11.3 Å². The van der Waals surface area contributed by atoms with Crippen LogP contribution in [0.3, 0.4) is 0 Å². The predicted octanol–water partition coefficient (Wildman–Crippen LogP) is 3.40. The molecule has 0 radical (unpaired) electrons. The summed E-state index contributed by atoms with van der Waals surface area (Å²) in [5.41, 5.74) is 0. The largest absolute Gasteiger partial charge is 0.478 e. The molecule has 0 bridgehead atoms. The number of thiophene rings is 1. The van der Waals surface area contributed by atoms with Gasteiger partial charge in [-0.25, -0.2) is 4.79 Å². The van der Waals surface area contributed by atoms with Gasteiger partial charge in [-0.2, -0.15) is 0 Å². The highest BCUT2D eigenvalue weighted by Crippen LogP contribution is 2.29. The van der Waals surface area contributed by atoms with Gasteiger partial charge in [-0.3, -0.25) is 4.79 Å². The van der Waals surface area contributed by atoms with Crippen LogP contribution >= 0.6 is 11.3 Å². The molecule has 2 rings (SSSR count). The first-order valence-corrected chi connectivity index (χ1v) is 8.09. The number of carbonyl (C=O) groups is 2. The number of carboxylic acid groups (broad SMARTS) is 1. The standard InChI is InChI=1S/C16H21NO3S/c1-10-3-6-13(11(2)9-10)17-16(20)14-7-4-12(21-14)5-8-15(18)19/h4-5,7-8,10-11,13H,3,6,9H2,1-2H3,(H,17,20)(H,18,19). The fourth-order valence-electron chi connectivity index (χ4n) is 2.84. The monoisotopic (exact) mass is 307 g/mol. The Bertz CT molecular complexity index is 549. The van der Waals surface area contributed by atoms with E-state index in [1.165, 1.54) is 17.4 Å². The summed E-state index contributed by atoms with van der Waals surface area (Å²) in [6.07, 6.45) is 5.94. The van der Waals surface area contributed by atoms with E-state index in [4.69, 9.17) is 5.11 Å². The number of hydrogen-bond donors (Lipinski definition) is 2. The Morgan fingerprint density at radius 1 is 1.33 bits per heavy atom. The topological polar surface area (TPSA) is 66.4 Å². The number of carboxylic acids is 1. The van der Waals surface area contributed by atoms with Crippen molar-refractivity contribution in [1.29, 1.82) is 0 Å². The van der Waals surface area contributed by atoms with E-state index in [1.807, 2.05) is 0 Å². The fraction of sp³-hybridized carbons (Fsp3) is 0.500. The Hall–Kier alpha value is -1.62.